The van der Waals surface area contributed by atoms with Crippen LogP contribution < -0.4 is 10.9 Å². The molecule has 0 bridgehead atoms. The van der Waals surface area contributed by atoms with Crippen molar-refractivity contribution in [2.24, 2.45) is 0 Å². The number of aromatic nitrogens is 7. The number of aryl methyl sites for hydroxylation is 2. The van der Waals surface area contributed by atoms with Gasteiger partial charge >= 0.3 is 0 Å². The molecule has 13 nitrogen and oxygen atoms in total. The van der Waals surface area contributed by atoms with Crippen LogP contribution >= 0.6 is 11.3 Å². The Balaban J connectivity index is 1.05. The van der Waals surface area contributed by atoms with E-state index in [2.05, 4.69) is 41.3 Å². The molecule has 0 atom stereocenters. The zero-order chi connectivity index (χ0) is 27.1. The normalized spacial score (nSPS) is 14.2. The monoisotopic (exact) mass is 544 g/mol. The van der Waals surface area contributed by atoms with Gasteiger partial charge in [-0.3, -0.25) is 30.3 Å². The first-order valence-corrected chi connectivity index (χ1v) is 13.2. The molecule has 0 saturated carbocycles. The average molecular weight is 545 g/mol. The van der Waals surface area contributed by atoms with E-state index in [1.807, 2.05) is 32.0 Å². The van der Waals surface area contributed by atoms with Crippen LogP contribution in [0.25, 0.3) is 16.6 Å². The summed E-state index contributed by atoms with van der Waals surface area (Å²) in [6.07, 6.45) is 1.41. The number of aromatic amines is 1. The smallest absolute Gasteiger partial charge is 0.290 e. The third-order valence-electron chi connectivity index (χ3n) is 6.79. The number of fused-ring (bicyclic) bond motifs is 2. The van der Waals surface area contributed by atoms with Crippen molar-refractivity contribution in [3.05, 3.63) is 69.2 Å². The lowest BCUT2D eigenvalue weighted by atomic mass is 9.97. The quantitative estimate of drug-likeness (QED) is 0.290. The number of piperidine rings is 1. The summed E-state index contributed by atoms with van der Waals surface area (Å²) in [5.41, 5.74) is 8.30. The fourth-order valence-corrected chi connectivity index (χ4v) is 5.68. The van der Waals surface area contributed by atoms with Crippen LogP contribution in [0.1, 0.15) is 66.6 Å². The molecule has 14 heteroatoms. The van der Waals surface area contributed by atoms with E-state index in [1.165, 1.54) is 11.3 Å². The van der Waals surface area contributed by atoms with Gasteiger partial charge in [-0.1, -0.05) is 18.2 Å². The molecule has 3 N–H and O–H groups in total. The van der Waals surface area contributed by atoms with Crippen molar-refractivity contribution in [2.75, 3.05) is 13.1 Å². The van der Waals surface area contributed by atoms with Gasteiger partial charge in [0.05, 0.1) is 21.9 Å². The van der Waals surface area contributed by atoms with Crippen molar-refractivity contribution < 1.29 is 14.4 Å². The summed E-state index contributed by atoms with van der Waals surface area (Å²) in [6, 6.07) is 9.04. The van der Waals surface area contributed by atoms with Gasteiger partial charge in [0.2, 0.25) is 0 Å². The van der Waals surface area contributed by atoms with Gasteiger partial charge in [-0.05, 0) is 32.8 Å². The van der Waals surface area contributed by atoms with E-state index in [-0.39, 0.29) is 23.2 Å². The van der Waals surface area contributed by atoms with Crippen LogP contribution in [0.5, 0.6) is 0 Å². The summed E-state index contributed by atoms with van der Waals surface area (Å²) < 4.78 is 1.64. The Kier molecular flexibility index (Phi) is 6.23. The number of carbonyl (C=O) groups excluding carboxylic acids is 3. The fourth-order valence-electron chi connectivity index (χ4n) is 4.71. The maximum atomic E-state index is 13.2. The van der Waals surface area contributed by atoms with Crippen LogP contribution in [-0.2, 0) is 0 Å². The van der Waals surface area contributed by atoms with Crippen molar-refractivity contribution >= 4 is 45.6 Å². The van der Waals surface area contributed by atoms with E-state index < -0.39 is 11.8 Å². The Morgan fingerprint density at radius 2 is 1.79 bits per heavy atom. The number of H-pyrrole nitrogens is 1. The molecule has 0 unspecified atom stereocenters. The molecule has 6 rings (SSSR count). The molecule has 198 valence electrons. The fraction of sp³-hybridized carbons (Fsp3) is 0.280. The van der Waals surface area contributed by atoms with Gasteiger partial charge in [-0.25, -0.2) is 9.50 Å². The molecule has 4 aromatic heterocycles. The highest BCUT2D eigenvalue weighted by Crippen LogP contribution is 2.31. The second kappa shape index (κ2) is 9.87. The molecular formula is C25H24N10O3S. The van der Waals surface area contributed by atoms with E-state index in [0.29, 0.717) is 48.4 Å². The van der Waals surface area contributed by atoms with Crippen LogP contribution in [0.15, 0.2) is 35.7 Å². The van der Waals surface area contributed by atoms with Crippen LogP contribution in [0.3, 0.4) is 0 Å². The van der Waals surface area contributed by atoms with Gasteiger partial charge < -0.3 is 4.90 Å². The number of hydrogen-bond donors (Lipinski definition) is 3. The molecule has 1 aromatic carbocycles. The largest absolute Gasteiger partial charge is 0.337 e. The van der Waals surface area contributed by atoms with Crippen LogP contribution in [0.2, 0.25) is 0 Å². The van der Waals surface area contributed by atoms with Crippen molar-refractivity contribution in [3.8, 4) is 0 Å². The number of nitrogens with zero attached hydrogens (tertiary/aromatic N) is 7. The van der Waals surface area contributed by atoms with Gasteiger partial charge in [0.1, 0.15) is 5.69 Å². The first-order chi connectivity index (χ1) is 18.9. The summed E-state index contributed by atoms with van der Waals surface area (Å²) in [4.78, 5) is 44.6. The summed E-state index contributed by atoms with van der Waals surface area (Å²) in [6.45, 7) is 4.76. The van der Waals surface area contributed by atoms with Crippen molar-refractivity contribution in [1.29, 1.82) is 0 Å². The maximum Gasteiger partial charge on any atom is 0.290 e. The van der Waals surface area contributed by atoms with Gasteiger partial charge in [0.25, 0.3) is 17.7 Å². The van der Waals surface area contributed by atoms with Gasteiger partial charge in [0.15, 0.2) is 17.0 Å². The molecule has 5 aromatic rings. The molecule has 0 aliphatic carbocycles. The molecule has 3 amide bonds. The number of nitrogens with one attached hydrogen (secondary N) is 3. The minimum atomic E-state index is -0.532. The highest BCUT2D eigenvalue weighted by molar-refractivity contribution is 7.09. The Labute approximate surface area is 225 Å². The lowest BCUT2D eigenvalue weighted by Crippen LogP contribution is -2.42. The number of likely N-dealkylation sites (tertiary alicyclic amines) is 1. The predicted molar refractivity (Wildman–Crippen MR) is 141 cm³/mol. The first-order valence-electron chi connectivity index (χ1n) is 12.4. The van der Waals surface area contributed by atoms with Crippen molar-refractivity contribution in [2.45, 2.75) is 32.6 Å². The number of benzene rings is 1. The van der Waals surface area contributed by atoms with E-state index in [9.17, 15) is 14.4 Å². The zero-order valence-electron chi connectivity index (χ0n) is 21.1. The minimum Gasteiger partial charge on any atom is -0.337 e. The Morgan fingerprint density at radius 1 is 1.03 bits per heavy atom. The molecule has 1 aliphatic heterocycles. The lowest BCUT2D eigenvalue weighted by molar-refractivity contribution is 0.0703. The van der Waals surface area contributed by atoms with Crippen molar-refractivity contribution in [1.82, 2.24) is 50.7 Å². The van der Waals surface area contributed by atoms with E-state index in [0.717, 1.165) is 16.2 Å². The van der Waals surface area contributed by atoms with Gasteiger partial charge in [-0.15, -0.1) is 21.5 Å². The maximum absolute atomic E-state index is 13.2. The van der Waals surface area contributed by atoms with Crippen LogP contribution in [0, 0.1) is 13.8 Å². The van der Waals surface area contributed by atoms with Gasteiger partial charge in [-0.2, -0.15) is 10.2 Å². The third kappa shape index (κ3) is 4.58. The molecule has 0 radical (unpaired) electrons. The number of amides is 3. The first kappa shape index (κ1) is 24.6. The number of hydrazine groups is 1. The summed E-state index contributed by atoms with van der Waals surface area (Å²) in [7, 11) is 0. The Morgan fingerprint density at radius 3 is 2.62 bits per heavy atom. The lowest BCUT2D eigenvalue weighted by Gasteiger charge is -2.31. The van der Waals surface area contributed by atoms with Crippen LogP contribution in [0.4, 0.5) is 0 Å². The molecule has 1 aliphatic rings. The summed E-state index contributed by atoms with van der Waals surface area (Å²) >= 11 is 1.39. The summed E-state index contributed by atoms with van der Waals surface area (Å²) in [5, 5.41) is 22.7. The number of para-hydroxylation sites is 1. The third-order valence-corrected chi connectivity index (χ3v) is 7.80. The molecule has 1 fully saturated rings. The summed E-state index contributed by atoms with van der Waals surface area (Å²) in [5.74, 6) is -1.10. The van der Waals surface area contributed by atoms with E-state index >= 15 is 0 Å². The molecular weight excluding hydrogens is 520 g/mol. The minimum absolute atomic E-state index is 0.119. The number of hydrogen-bond acceptors (Lipinski definition) is 9. The molecule has 1 saturated heterocycles. The topological polar surface area (TPSA) is 163 Å². The second-order valence-electron chi connectivity index (χ2n) is 9.35. The molecule has 5 heterocycles. The molecule has 0 spiro atoms. The Hall–Kier alpha value is -4.72. The molecule has 39 heavy (non-hydrogen) atoms. The second-order valence-corrected chi connectivity index (χ2v) is 10.2. The van der Waals surface area contributed by atoms with Crippen LogP contribution in [-0.4, -0.2) is 70.7 Å². The van der Waals surface area contributed by atoms with E-state index in [4.69, 9.17) is 0 Å². The SMILES string of the molecule is Cc1cc2nnc(C(=O)N3CCC(c4nc(C(=O)NNC(=O)c5n[nH]c6ccccc56)cs4)CC3)c(C)n2n1. The predicted octanol–water partition coefficient (Wildman–Crippen LogP) is 2.17. The standard InChI is InChI=1S/C25H24N10O3S/c1-13-11-19-28-29-20(14(2)35(19)33-13)25(38)34-9-7-15(8-10-34)24-26-18(12-39-24)22(36)31-32-23(37)21-16-5-3-4-6-17(16)27-30-21/h3-6,11-12,15H,7-10H2,1-2H3,(H,27,30)(H,31,36)(H,32,37). The Bertz CT molecular complexity index is 1730. The number of carbonyl (C=O) groups is 3. The zero-order valence-corrected chi connectivity index (χ0v) is 21.9. The van der Waals surface area contributed by atoms with Gasteiger partial charge in [0, 0.05) is 35.8 Å². The highest BCUT2D eigenvalue weighted by atomic mass is 32.1. The average Bonchev–Trinajstić information content (AvgIpc) is 3.70. The number of rotatable bonds is 4. The van der Waals surface area contributed by atoms with E-state index in [1.54, 1.807) is 26.9 Å². The highest BCUT2D eigenvalue weighted by Gasteiger charge is 2.29. The number of thiazole rings is 1. The van der Waals surface area contributed by atoms with Crippen molar-refractivity contribution in [3.63, 3.8) is 0 Å².